The van der Waals surface area contributed by atoms with Crippen molar-refractivity contribution in [3.63, 3.8) is 0 Å². The van der Waals surface area contributed by atoms with Crippen molar-refractivity contribution in [1.82, 2.24) is 5.32 Å². The second-order valence-electron chi connectivity index (χ2n) is 4.60. The fourth-order valence-corrected chi connectivity index (χ4v) is 1.98. The summed E-state index contributed by atoms with van der Waals surface area (Å²) in [5.74, 6) is -4.16. The fraction of sp³-hybridized carbons (Fsp3) is 0.385. The first-order valence-corrected chi connectivity index (χ1v) is 6.13. The Morgan fingerprint density at radius 3 is 2.67 bits per heavy atom. The number of carbonyl (C=O) groups excluding carboxylic acids is 1. The molecule has 0 aliphatic heterocycles. The Hall–Kier alpha value is -2.25. The van der Waals surface area contributed by atoms with Gasteiger partial charge in [-0.25, -0.2) is 4.39 Å². The molecule has 1 aliphatic rings. The monoisotopic (exact) mass is 303 g/mol. The van der Waals surface area contributed by atoms with E-state index in [1.54, 1.807) is 0 Å². The van der Waals surface area contributed by atoms with Crippen LogP contribution < -0.4 is 10.1 Å². The van der Waals surface area contributed by atoms with Gasteiger partial charge in [0, 0.05) is 12.1 Å². The quantitative estimate of drug-likeness (QED) is 0.839. The molecule has 1 saturated carbocycles. The lowest BCUT2D eigenvalue weighted by atomic mass is 10.2. The van der Waals surface area contributed by atoms with E-state index in [0.29, 0.717) is 0 Å². The first-order valence-electron chi connectivity index (χ1n) is 6.13. The number of alkyl halides is 2. The van der Waals surface area contributed by atoms with Gasteiger partial charge in [-0.15, -0.1) is 0 Å². The zero-order valence-corrected chi connectivity index (χ0v) is 10.7. The average Bonchev–Trinajstić information content (AvgIpc) is 3.17. The summed E-state index contributed by atoms with van der Waals surface area (Å²) < 4.78 is 42.2. The predicted octanol–water partition coefficient (Wildman–Crippen LogP) is 1.76. The van der Waals surface area contributed by atoms with Crippen LogP contribution in [0.15, 0.2) is 18.2 Å². The van der Waals surface area contributed by atoms with E-state index in [9.17, 15) is 22.8 Å². The lowest BCUT2D eigenvalue weighted by Crippen LogP contribution is -2.26. The minimum absolute atomic E-state index is 0.210. The second kappa shape index (κ2) is 6.02. The van der Waals surface area contributed by atoms with E-state index in [4.69, 9.17) is 5.11 Å². The summed E-state index contributed by atoms with van der Waals surface area (Å²) in [6, 6.07) is 3.42. The van der Waals surface area contributed by atoms with Crippen LogP contribution in [0.1, 0.15) is 12.0 Å². The lowest BCUT2D eigenvalue weighted by molar-refractivity contribution is -0.140. The molecule has 0 aromatic heterocycles. The highest BCUT2D eigenvalue weighted by molar-refractivity contribution is 5.89. The smallest absolute Gasteiger partial charge is 0.387 e. The van der Waals surface area contributed by atoms with Crippen molar-refractivity contribution < 1.29 is 32.6 Å². The van der Waals surface area contributed by atoms with Gasteiger partial charge in [0.1, 0.15) is 11.6 Å². The van der Waals surface area contributed by atoms with Gasteiger partial charge in [0.05, 0.1) is 11.8 Å². The number of amides is 1. The predicted molar refractivity (Wildman–Crippen MR) is 64.1 cm³/mol. The summed E-state index contributed by atoms with van der Waals surface area (Å²) in [5.41, 5.74) is -0.210. The van der Waals surface area contributed by atoms with Gasteiger partial charge in [-0.05, 0) is 18.6 Å². The van der Waals surface area contributed by atoms with Crippen LogP contribution in [0.25, 0.3) is 0 Å². The molecule has 1 amide bonds. The molecule has 2 unspecified atom stereocenters. The zero-order chi connectivity index (χ0) is 15.6. The SMILES string of the molecule is O=C(O)C1CC1C(=O)NCc1c(F)cccc1OC(F)F. The number of nitrogens with one attached hydrogen (secondary N) is 1. The zero-order valence-electron chi connectivity index (χ0n) is 10.7. The Balaban J connectivity index is 2.00. The van der Waals surface area contributed by atoms with E-state index in [2.05, 4.69) is 10.1 Å². The van der Waals surface area contributed by atoms with Crippen molar-refractivity contribution in [2.45, 2.75) is 19.6 Å². The third-order valence-corrected chi connectivity index (χ3v) is 3.18. The van der Waals surface area contributed by atoms with Crippen molar-refractivity contribution in [3.8, 4) is 5.75 Å². The minimum atomic E-state index is -3.11. The van der Waals surface area contributed by atoms with Crippen LogP contribution in [0.2, 0.25) is 0 Å². The first-order chi connectivity index (χ1) is 9.90. The Bertz CT molecular complexity index is 564. The maximum atomic E-state index is 13.6. The molecular weight excluding hydrogens is 291 g/mol. The van der Waals surface area contributed by atoms with Gasteiger partial charge in [0.2, 0.25) is 5.91 Å². The molecule has 1 fully saturated rings. The lowest BCUT2D eigenvalue weighted by Gasteiger charge is -2.12. The summed E-state index contributed by atoms with van der Waals surface area (Å²) in [5, 5.41) is 11.0. The average molecular weight is 303 g/mol. The number of carbonyl (C=O) groups is 2. The molecule has 0 spiro atoms. The molecule has 2 rings (SSSR count). The molecular formula is C13H12F3NO4. The summed E-state index contributed by atoms with van der Waals surface area (Å²) >= 11 is 0. The fourth-order valence-electron chi connectivity index (χ4n) is 1.98. The van der Waals surface area contributed by atoms with E-state index in [-0.39, 0.29) is 24.3 Å². The standard InChI is InChI=1S/C13H12F3NO4/c14-9-2-1-3-10(21-13(15)16)8(9)5-17-11(18)6-4-7(6)12(19)20/h1-3,6-7,13H,4-5H2,(H,17,18)(H,19,20). The normalized spacial score (nSPS) is 20.2. The highest BCUT2D eigenvalue weighted by Crippen LogP contribution is 2.38. The van der Waals surface area contributed by atoms with Gasteiger partial charge in [0.25, 0.3) is 0 Å². The molecule has 1 aromatic rings. The number of rotatable bonds is 6. The van der Waals surface area contributed by atoms with Gasteiger partial charge in [0.15, 0.2) is 0 Å². The van der Waals surface area contributed by atoms with Crippen LogP contribution in [-0.2, 0) is 16.1 Å². The van der Waals surface area contributed by atoms with Crippen molar-refractivity contribution in [2.75, 3.05) is 0 Å². The van der Waals surface area contributed by atoms with Crippen LogP contribution >= 0.6 is 0 Å². The number of aliphatic carboxylic acids is 1. The van der Waals surface area contributed by atoms with E-state index >= 15 is 0 Å². The van der Waals surface area contributed by atoms with Crippen molar-refractivity contribution in [1.29, 1.82) is 0 Å². The molecule has 0 heterocycles. The molecule has 8 heteroatoms. The van der Waals surface area contributed by atoms with Gasteiger partial charge >= 0.3 is 12.6 Å². The summed E-state index contributed by atoms with van der Waals surface area (Å²) in [7, 11) is 0. The Labute approximate surface area is 117 Å². The highest BCUT2D eigenvalue weighted by atomic mass is 19.3. The van der Waals surface area contributed by atoms with Crippen LogP contribution in [0.3, 0.4) is 0 Å². The summed E-state index contributed by atoms with van der Waals surface area (Å²) in [6.45, 7) is -3.46. The minimum Gasteiger partial charge on any atom is -0.481 e. The molecule has 5 nitrogen and oxygen atoms in total. The van der Waals surface area contributed by atoms with Crippen molar-refractivity contribution >= 4 is 11.9 Å². The van der Waals surface area contributed by atoms with Gasteiger partial charge in [-0.2, -0.15) is 8.78 Å². The topological polar surface area (TPSA) is 75.6 Å². The largest absolute Gasteiger partial charge is 0.481 e. The number of carboxylic acid groups (broad SMARTS) is 1. The molecule has 0 bridgehead atoms. The number of halogens is 3. The first kappa shape index (κ1) is 15.1. The molecule has 114 valence electrons. The number of carboxylic acids is 1. The molecule has 21 heavy (non-hydrogen) atoms. The van der Waals surface area contributed by atoms with Crippen LogP contribution in [-0.4, -0.2) is 23.6 Å². The van der Waals surface area contributed by atoms with E-state index in [0.717, 1.165) is 12.1 Å². The van der Waals surface area contributed by atoms with E-state index < -0.39 is 36.1 Å². The highest BCUT2D eigenvalue weighted by Gasteiger charge is 2.48. The van der Waals surface area contributed by atoms with Crippen molar-refractivity contribution in [3.05, 3.63) is 29.6 Å². The molecule has 1 aromatic carbocycles. The Morgan fingerprint density at radius 2 is 2.10 bits per heavy atom. The number of hydrogen-bond donors (Lipinski definition) is 2. The number of ether oxygens (including phenoxy) is 1. The third-order valence-electron chi connectivity index (χ3n) is 3.18. The van der Waals surface area contributed by atoms with Crippen LogP contribution in [0, 0.1) is 17.7 Å². The molecule has 0 saturated heterocycles. The second-order valence-corrected chi connectivity index (χ2v) is 4.60. The van der Waals surface area contributed by atoms with Crippen molar-refractivity contribution in [2.24, 2.45) is 11.8 Å². The summed E-state index contributed by atoms with van der Waals surface area (Å²) in [6.07, 6.45) is 0.221. The maximum Gasteiger partial charge on any atom is 0.387 e. The Kier molecular flexibility index (Phi) is 4.35. The van der Waals surface area contributed by atoms with Gasteiger partial charge in [-0.1, -0.05) is 6.07 Å². The van der Waals surface area contributed by atoms with E-state index in [1.165, 1.54) is 6.07 Å². The third kappa shape index (κ3) is 3.65. The van der Waals surface area contributed by atoms with Crippen LogP contribution in [0.4, 0.5) is 13.2 Å². The van der Waals surface area contributed by atoms with Gasteiger partial charge < -0.3 is 15.2 Å². The van der Waals surface area contributed by atoms with E-state index in [1.807, 2.05) is 0 Å². The summed E-state index contributed by atoms with van der Waals surface area (Å²) in [4.78, 5) is 22.3. The van der Waals surface area contributed by atoms with Crippen LogP contribution in [0.5, 0.6) is 5.75 Å². The van der Waals surface area contributed by atoms with Gasteiger partial charge in [-0.3, -0.25) is 9.59 Å². The number of benzene rings is 1. The molecule has 0 radical (unpaired) electrons. The maximum absolute atomic E-state index is 13.6. The molecule has 2 atom stereocenters. The molecule has 2 N–H and O–H groups in total. The number of hydrogen-bond acceptors (Lipinski definition) is 3. The Morgan fingerprint density at radius 1 is 1.38 bits per heavy atom. The molecule has 1 aliphatic carbocycles.